The fourth-order valence-corrected chi connectivity index (χ4v) is 2.30. The quantitative estimate of drug-likeness (QED) is 0.835. The Morgan fingerprint density at radius 1 is 1.56 bits per heavy atom. The molecule has 0 saturated heterocycles. The summed E-state index contributed by atoms with van der Waals surface area (Å²) in [5, 5.41) is 6.73. The molecule has 0 spiro atoms. The predicted molar refractivity (Wildman–Crippen MR) is 60.1 cm³/mol. The molecule has 0 bridgehead atoms. The van der Waals surface area contributed by atoms with E-state index in [1.54, 1.807) is 13.0 Å². The Balaban J connectivity index is 1.92. The second-order valence-corrected chi connectivity index (χ2v) is 4.76. The van der Waals surface area contributed by atoms with Crippen molar-refractivity contribution < 1.29 is 9.32 Å². The lowest BCUT2D eigenvalue weighted by molar-refractivity contribution is 0.0912. The van der Waals surface area contributed by atoms with Crippen LogP contribution in [0.3, 0.4) is 0 Å². The van der Waals surface area contributed by atoms with Crippen LogP contribution in [0, 0.1) is 12.8 Å². The maximum absolute atomic E-state index is 11.8. The maximum Gasteiger partial charge on any atom is 0.273 e. The molecule has 1 amide bonds. The van der Waals surface area contributed by atoms with Gasteiger partial charge in [0.05, 0.1) is 0 Å². The number of hydrogen-bond acceptors (Lipinski definition) is 3. The van der Waals surface area contributed by atoms with Crippen LogP contribution in [-0.2, 0) is 0 Å². The zero-order chi connectivity index (χ0) is 11.5. The monoisotopic (exact) mass is 222 g/mol. The van der Waals surface area contributed by atoms with Crippen molar-refractivity contribution in [1.29, 1.82) is 0 Å². The summed E-state index contributed by atoms with van der Waals surface area (Å²) >= 11 is 0. The molecular weight excluding hydrogens is 204 g/mol. The summed E-state index contributed by atoms with van der Waals surface area (Å²) in [6.45, 7) is 4.02. The van der Waals surface area contributed by atoms with Gasteiger partial charge in [-0.1, -0.05) is 24.9 Å². The van der Waals surface area contributed by atoms with E-state index in [4.69, 9.17) is 4.52 Å². The van der Waals surface area contributed by atoms with Gasteiger partial charge in [-0.05, 0) is 25.7 Å². The van der Waals surface area contributed by atoms with E-state index in [-0.39, 0.29) is 5.91 Å². The Hall–Kier alpha value is -1.32. The highest BCUT2D eigenvalue weighted by atomic mass is 16.5. The van der Waals surface area contributed by atoms with Crippen molar-refractivity contribution in [3.8, 4) is 0 Å². The summed E-state index contributed by atoms with van der Waals surface area (Å²) in [5.41, 5.74) is 0.385. The summed E-state index contributed by atoms with van der Waals surface area (Å²) in [5.74, 6) is 1.26. The second kappa shape index (κ2) is 4.68. The first-order valence-corrected chi connectivity index (χ1v) is 5.89. The summed E-state index contributed by atoms with van der Waals surface area (Å²) in [6.07, 6.45) is 4.62. The molecule has 1 aromatic heterocycles. The van der Waals surface area contributed by atoms with E-state index in [0.29, 0.717) is 23.4 Å². The Morgan fingerprint density at radius 2 is 2.38 bits per heavy atom. The van der Waals surface area contributed by atoms with E-state index in [1.807, 2.05) is 0 Å². The van der Waals surface area contributed by atoms with E-state index in [9.17, 15) is 4.79 Å². The van der Waals surface area contributed by atoms with Gasteiger partial charge in [0, 0.05) is 12.1 Å². The summed E-state index contributed by atoms with van der Waals surface area (Å²) in [4.78, 5) is 11.8. The van der Waals surface area contributed by atoms with Gasteiger partial charge in [0.25, 0.3) is 5.91 Å². The Morgan fingerprint density at radius 3 is 3.00 bits per heavy atom. The normalized spacial score (nSPS) is 25.4. The van der Waals surface area contributed by atoms with Crippen LogP contribution in [0.25, 0.3) is 0 Å². The highest BCUT2D eigenvalue weighted by Gasteiger charge is 2.21. The highest BCUT2D eigenvalue weighted by Crippen LogP contribution is 2.23. The number of rotatable bonds is 2. The van der Waals surface area contributed by atoms with E-state index >= 15 is 0 Å². The molecule has 2 atom stereocenters. The molecule has 0 aromatic carbocycles. The van der Waals surface area contributed by atoms with E-state index in [1.165, 1.54) is 12.8 Å². The van der Waals surface area contributed by atoms with Crippen LogP contribution >= 0.6 is 0 Å². The zero-order valence-corrected chi connectivity index (χ0v) is 9.82. The first-order chi connectivity index (χ1) is 7.65. The molecule has 1 heterocycles. The second-order valence-electron chi connectivity index (χ2n) is 4.76. The molecule has 2 unspecified atom stereocenters. The smallest absolute Gasteiger partial charge is 0.273 e. The summed E-state index contributed by atoms with van der Waals surface area (Å²) in [7, 11) is 0. The zero-order valence-electron chi connectivity index (χ0n) is 9.82. The van der Waals surface area contributed by atoms with Crippen molar-refractivity contribution in [1.82, 2.24) is 10.5 Å². The third kappa shape index (κ3) is 2.62. The lowest BCUT2D eigenvalue weighted by atomic mass is 9.87. The van der Waals surface area contributed by atoms with Crippen molar-refractivity contribution in [2.75, 3.05) is 0 Å². The first-order valence-electron chi connectivity index (χ1n) is 5.89. The molecule has 1 aromatic rings. The van der Waals surface area contributed by atoms with Crippen molar-refractivity contribution >= 4 is 5.91 Å². The molecule has 1 fully saturated rings. The third-order valence-electron chi connectivity index (χ3n) is 3.13. The van der Waals surface area contributed by atoms with Gasteiger partial charge >= 0.3 is 0 Å². The number of carbonyl (C=O) groups excluding carboxylic acids is 1. The van der Waals surface area contributed by atoms with Crippen molar-refractivity contribution in [3.63, 3.8) is 0 Å². The first kappa shape index (κ1) is 11.2. The fourth-order valence-electron chi connectivity index (χ4n) is 2.30. The minimum absolute atomic E-state index is 0.115. The molecule has 1 aliphatic rings. The molecule has 4 nitrogen and oxygen atoms in total. The standard InChI is InChI=1S/C12H18N2O2/c1-8-4-3-5-10(6-8)13-12(15)11-7-9(2)16-14-11/h7-8,10H,3-6H2,1-2H3,(H,13,15). The van der Waals surface area contributed by atoms with Gasteiger partial charge in [-0.15, -0.1) is 0 Å². The van der Waals surface area contributed by atoms with Gasteiger partial charge < -0.3 is 9.84 Å². The molecule has 16 heavy (non-hydrogen) atoms. The number of amides is 1. The maximum atomic E-state index is 11.8. The predicted octanol–water partition coefficient (Wildman–Crippen LogP) is 2.29. The van der Waals surface area contributed by atoms with E-state index < -0.39 is 0 Å². The van der Waals surface area contributed by atoms with Crippen molar-refractivity contribution in [3.05, 3.63) is 17.5 Å². The Kier molecular flexibility index (Phi) is 3.27. The minimum Gasteiger partial charge on any atom is -0.361 e. The van der Waals surface area contributed by atoms with Crippen LogP contribution in [0.2, 0.25) is 0 Å². The average molecular weight is 222 g/mol. The van der Waals surface area contributed by atoms with Crippen LogP contribution in [0.4, 0.5) is 0 Å². The molecule has 1 saturated carbocycles. The van der Waals surface area contributed by atoms with Crippen LogP contribution < -0.4 is 5.32 Å². The summed E-state index contributed by atoms with van der Waals surface area (Å²) in [6, 6.07) is 1.97. The lowest BCUT2D eigenvalue weighted by Crippen LogP contribution is -2.38. The van der Waals surface area contributed by atoms with Crippen LogP contribution in [-0.4, -0.2) is 17.1 Å². The number of nitrogens with one attached hydrogen (secondary N) is 1. The molecule has 4 heteroatoms. The minimum atomic E-state index is -0.115. The number of aromatic nitrogens is 1. The van der Waals surface area contributed by atoms with Gasteiger partial charge in [-0.2, -0.15) is 0 Å². The largest absolute Gasteiger partial charge is 0.361 e. The number of hydrogen-bond donors (Lipinski definition) is 1. The third-order valence-corrected chi connectivity index (χ3v) is 3.13. The number of carbonyl (C=O) groups is 1. The van der Waals surface area contributed by atoms with Gasteiger partial charge in [0.2, 0.25) is 0 Å². The van der Waals surface area contributed by atoms with Gasteiger partial charge in [0.15, 0.2) is 5.69 Å². The SMILES string of the molecule is Cc1cc(C(=O)NC2CCCC(C)C2)no1. The molecule has 2 rings (SSSR count). The molecule has 0 aliphatic heterocycles. The molecule has 0 radical (unpaired) electrons. The molecule has 1 aliphatic carbocycles. The fraction of sp³-hybridized carbons (Fsp3) is 0.667. The Bertz CT molecular complexity index is 373. The van der Waals surface area contributed by atoms with E-state index in [0.717, 1.165) is 12.8 Å². The number of aryl methyl sites for hydroxylation is 1. The van der Waals surface area contributed by atoms with Crippen LogP contribution in [0.5, 0.6) is 0 Å². The summed E-state index contributed by atoms with van der Waals surface area (Å²) < 4.78 is 4.89. The Labute approximate surface area is 95.4 Å². The van der Waals surface area contributed by atoms with Gasteiger partial charge in [-0.25, -0.2) is 0 Å². The number of nitrogens with zero attached hydrogens (tertiary/aromatic N) is 1. The van der Waals surface area contributed by atoms with E-state index in [2.05, 4.69) is 17.4 Å². The van der Waals surface area contributed by atoms with Crippen LogP contribution in [0.15, 0.2) is 10.6 Å². The molecule has 88 valence electrons. The van der Waals surface area contributed by atoms with Crippen molar-refractivity contribution in [2.45, 2.75) is 45.6 Å². The van der Waals surface area contributed by atoms with Crippen LogP contribution in [0.1, 0.15) is 48.9 Å². The van der Waals surface area contributed by atoms with Gasteiger partial charge in [-0.3, -0.25) is 4.79 Å². The molecular formula is C12H18N2O2. The topological polar surface area (TPSA) is 55.1 Å². The van der Waals surface area contributed by atoms with Crippen molar-refractivity contribution in [2.24, 2.45) is 5.92 Å². The lowest BCUT2D eigenvalue weighted by Gasteiger charge is -2.27. The molecule has 1 N–H and O–H groups in total. The average Bonchev–Trinajstić information content (AvgIpc) is 2.65. The highest BCUT2D eigenvalue weighted by molar-refractivity contribution is 5.92. The van der Waals surface area contributed by atoms with Gasteiger partial charge in [0.1, 0.15) is 5.76 Å².